The van der Waals surface area contributed by atoms with E-state index in [0.29, 0.717) is 19.5 Å². The van der Waals surface area contributed by atoms with Crippen LogP contribution in [0.1, 0.15) is 13.3 Å². The van der Waals surface area contributed by atoms with Crippen LogP contribution in [0.3, 0.4) is 0 Å². The number of halogens is 1. The van der Waals surface area contributed by atoms with Gasteiger partial charge in [0.2, 0.25) is 5.91 Å². The maximum Gasteiger partial charge on any atom is 0.261 e. The summed E-state index contributed by atoms with van der Waals surface area (Å²) in [5.74, 6) is -0.938. The summed E-state index contributed by atoms with van der Waals surface area (Å²) in [5.41, 5.74) is 0. The van der Waals surface area contributed by atoms with Crippen molar-refractivity contribution in [2.24, 2.45) is 0 Å². The van der Waals surface area contributed by atoms with Crippen LogP contribution in [0.5, 0.6) is 5.75 Å². The first-order valence-electron chi connectivity index (χ1n) is 6.58. The van der Waals surface area contributed by atoms with Crippen LogP contribution in [-0.2, 0) is 9.59 Å². The van der Waals surface area contributed by atoms with Gasteiger partial charge in [0, 0.05) is 13.1 Å². The summed E-state index contributed by atoms with van der Waals surface area (Å²) in [6, 6.07) is 5.43. The van der Waals surface area contributed by atoms with Crippen LogP contribution in [0.4, 0.5) is 4.39 Å². The molecular formula is C14H17FN2O3. The Bertz CT molecular complexity index is 507. The highest BCUT2D eigenvalue weighted by Crippen LogP contribution is 2.16. The van der Waals surface area contributed by atoms with Crippen LogP contribution in [0.2, 0.25) is 0 Å². The van der Waals surface area contributed by atoms with E-state index in [1.165, 1.54) is 17.0 Å². The molecule has 5 nitrogen and oxygen atoms in total. The van der Waals surface area contributed by atoms with Crippen molar-refractivity contribution in [3.8, 4) is 5.75 Å². The zero-order chi connectivity index (χ0) is 14.5. The number of nitrogens with one attached hydrogen (secondary N) is 1. The molecule has 0 radical (unpaired) electrons. The van der Waals surface area contributed by atoms with E-state index in [1.54, 1.807) is 12.1 Å². The summed E-state index contributed by atoms with van der Waals surface area (Å²) >= 11 is 0. The molecule has 1 aromatic rings. The summed E-state index contributed by atoms with van der Waals surface area (Å²) in [6.45, 7) is 2.45. The SMILES string of the molecule is CCC1C(=O)NCCN1C(=O)COc1ccccc1F. The standard InChI is InChI=1S/C14H17FN2O3/c1-2-11-14(19)16-7-8-17(11)13(18)9-20-12-6-4-3-5-10(12)15/h3-6,11H,2,7-9H2,1H3,(H,16,19). The van der Waals surface area contributed by atoms with Crippen molar-refractivity contribution in [2.45, 2.75) is 19.4 Å². The Hall–Kier alpha value is -2.11. The van der Waals surface area contributed by atoms with E-state index in [2.05, 4.69) is 5.32 Å². The van der Waals surface area contributed by atoms with Gasteiger partial charge in [0.15, 0.2) is 18.2 Å². The van der Waals surface area contributed by atoms with E-state index in [9.17, 15) is 14.0 Å². The van der Waals surface area contributed by atoms with Gasteiger partial charge < -0.3 is 15.0 Å². The lowest BCUT2D eigenvalue weighted by Gasteiger charge is -2.34. The van der Waals surface area contributed by atoms with Crippen molar-refractivity contribution in [3.05, 3.63) is 30.1 Å². The van der Waals surface area contributed by atoms with Gasteiger partial charge in [-0.2, -0.15) is 0 Å². The summed E-state index contributed by atoms with van der Waals surface area (Å²) in [4.78, 5) is 25.2. The topological polar surface area (TPSA) is 58.6 Å². The largest absolute Gasteiger partial charge is 0.481 e. The highest BCUT2D eigenvalue weighted by molar-refractivity contribution is 5.89. The number of amides is 2. The minimum atomic E-state index is -0.510. The highest BCUT2D eigenvalue weighted by Gasteiger charge is 2.31. The molecule has 1 aromatic carbocycles. The van der Waals surface area contributed by atoms with Crippen LogP contribution in [0, 0.1) is 5.82 Å². The molecule has 0 spiro atoms. The molecule has 0 saturated carbocycles. The van der Waals surface area contributed by atoms with Crippen molar-refractivity contribution in [1.82, 2.24) is 10.2 Å². The fourth-order valence-corrected chi connectivity index (χ4v) is 2.20. The van der Waals surface area contributed by atoms with E-state index in [-0.39, 0.29) is 24.2 Å². The quantitative estimate of drug-likeness (QED) is 0.893. The number of hydrogen-bond donors (Lipinski definition) is 1. The zero-order valence-corrected chi connectivity index (χ0v) is 11.3. The molecule has 0 bridgehead atoms. The van der Waals surface area contributed by atoms with E-state index in [4.69, 9.17) is 4.74 Å². The van der Waals surface area contributed by atoms with E-state index >= 15 is 0 Å². The first-order valence-corrected chi connectivity index (χ1v) is 6.58. The Morgan fingerprint density at radius 2 is 2.25 bits per heavy atom. The van der Waals surface area contributed by atoms with Gasteiger partial charge in [-0.3, -0.25) is 9.59 Å². The minimum absolute atomic E-state index is 0.0374. The molecule has 1 fully saturated rings. The Labute approximate surface area is 116 Å². The molecule has 2 amide bonds. The number of carbonyl (C=O) groups is 2. The zero-order valence-electron chi connectivity index (χ0n) is 11.3. The van der Waals surface area contributed by atoms with E-state index in [0.717, 1.165) is 0 Å². The lowest BCUT2D eigenvalue weighted by atomic mass is 10.1. The molecule has 1 aliphatic rings. The summed E-state index contributed by atoms with van der Waals surface area (Å²) in [7, 11) is 0. The molecule has 0 aromatic heterocycles. The Kier molecular flexibility index (Phi) is 4.55. The van der Waals surface area contributed by atoms with E-state index in [1.807, 2.05) is 6.92 Å². The third kappa shape index (κ3) is 3.07. The number of hydrogen-bond acceptors (Lipinski definition) is 3. The Balaban J connectivity index is 1.97. The highest BCUT2D eigenvalue weighted by atomic mass is 19.1. The average molecular weight is 280 g/mol. The molecule has 2 rings (SSSR count). The maximum atomic E-state index is 13.4. The fraction of sp³-hybridized carbons (Fsp3) is 0.429. The van der Waals surface area contributed by atoms with Crippen LogP contribution in [0.25, 0.3) is 0 Å². The van der Waals surface area contributed by atoms with Gasteiger partial charge in [-0.25, -0.2) is 4.39 Å². The molecule has 108 valence electrons. The smallest absolute Gasteiger partial charge is 0.261 e. The number of para-hydroxylation sites is 1. The second-order valence-corrected chi connectivity index (χ2v) is 4.52. The monoisotopic (exact) mass is 280 g/mol. The molecule has 1 aliphatic heterocycles. The van der Waals surface area contributed by atoms with Crippen LogP contribution >= 0.6 is 0 Å². The molecule has 20 heavy (non-hydrogen) atoms. The number of nitrogens with zero attached hydrogens (tertiary/aromatic N) is 1. The fourth-order valence-electron chi connectivity index (χ4n) is 2.20. The third-order valence-corrected chi connectivity index (χ3v) is 3.23. The number of rotatable bonds is 4. The van der Waals surface area contributed by atoms with Gasteiger partial charge in [-0.15, -0.1) is 0 Å². The average Bonchev–Trinajstić information content (AvgIpc) is 2.46. The first-order chi connectivity index (χ1) is 9.63. The molecule has 1 heterocycles. The second kappa shape index (κ2) is 6.36. The van der Waals surface area contributed by atoms with Crippen molar-refractivity contribution in [1.29, 1.82) is 0 Å². The van der Waals surface area contributed by atoms with Crippen LogP contribution in [-0.4, -0.2) is 42.5 Å². The molecule has 1 N–H and O–H groups in total. The minimum Gasteiger partial charge on any atom is -0.481 e. The van der Waals surface area contributed by atoms with Gasteiger partial charge in [-0.1, -0.05) is 19.1 Å². The predicted octanol–water partition coefficient (Wildman–Crippen LogP) is 0.942. The normalized spacial score (nSPS) is 18.6. The van der Waals surface area contributed by atoms with Crippen LogP contribution < -0.4 is 10.1 Å². The number of ether oxygens (including phenoxy) is 1. The van der Waals surface area contributed by atoms with Crippen molar-refractivity contribution >= 4 is 11.8 Å². The summed E-state index contributed by atoms with van der Waals surface area (Å²) in [6.07, 6.45) is 0.539. The maximum absolute atomic E-state index is 13.4. The molecule has 1 saturated heterocycles. The molecular weight excluding hydrogens is 263 g/mol. The van der Waals surface area contributed by atoms with Crippen LogP contribution in [0.15, 0.2) is 24.3 Å². The lowest BCUT2D eigenvalue weighted by Crippen LogP contribution is -2.57. The number of carbonyl (C=O) groups excluding carboxylic acids is 2. The molecule has 1 unspecified atom stereocenters. The third-order valence-electron chi connectivity index (χ3n) is 3.23. The molecule has 1 atom stereocenters. The predicted molar refractivity (Wildman–Crippen MR) is 70.7 cm³/mol. The van der Waals surface area contributed by atoms with Crippen molar-refractivity contribution in [2.75, 3.05) is 19.7 Å². The van der Waals surface area contributed by atoms with Crippen molar-refractivity contribution < 1.29 is 18.7 Å². The second-order valence-electron chi connectivity index (χ2n) is 4.52. The molecule has 0 aliphatic carbocycles. The number of piperazine rings is 1. The summed E-state index contributed by atoms with van der Waals surface area (Å²) < 4.78 is 18.6. The summed E-state index contributed by atoms with van der Waals surface area (Å²) in [5, 5.41) is 2.72. The van der Waals surface area contributed by atoms with Crippen molar-refractivity contribution in [3.63, 3.8) is 0 Å². The van der Waals surface area contributed by atoms with Gasteiger partial charge in [0.05, 0.1) is 0 Å². The first kappa shape index (κ1) is 14.3. The lowest BCUT2D eigenvalue weighted by molar-refractivity contribution is -0.144. The van der Waals surface area contributed by atoms with E-state index < -0.39 is 11.9 Å². The van der Waals surface area contributed by atoms with Gasteiger partial charge in [0.25, 0.3) is 5.91 Å². The Morgan fingerprint density at radius 3 is 2.95 bits per heavy atom. The van der Waals surface area contributed by atoms with Gasteiger partial charge in [-0.05, 0) is 18.6 Å². The number of benzene rings is 1. The molecule has 6 heteroatoms. The van der Waals surface area contributed by atoms with Gasteiger partial charge >= 0.3 is 0 Å². The van der Waals surface area contributed by atoms with Gasteiger partial charge in [0.1, 0.15) is 6.04 Å². The Morgan fingerprint density at radius 1 is 1.50 bits per heavy atom.